The summed E-state index contributed by atoms with van der Waals surface area (Å²) in [6.07, 6.45) is 1.84. The van der Waals surface area contributed by atoms with Gasteiger partial charge < -0.3 is 9.73 Å². The lowest BCUT2D eigenvalue weighted by Gasteiger charge is -2.12. The van der Waals surface area contributed by atoms with Gasteiger partial charge in [-0.1, -0.05) is 0 Å². The monoisotopic (exact) mass is 320 g/mol. The summed E-state index contributed by atoms with van der Waals surface area (Å²) in [5, 5.41) is 13.8. The van der Waals surface area contributed by atoms with E-state index in [-0.39, 0.29) is 17.3 Å². The third-order valence-electron chi connectivity index (χ3n) is 3.18. The zero-order valence-electron chi connectivity index (χ0n) is 12.5. The Kier molecular flexibility index (Phi) is 4.87. The van der Waals surface area contributed by atoms with Gasteiger partial charge >= 0.3 is 0 Å². The van der Waals surface area contributed by atoms with Crippen molar-refractivity contribution in [2.24, 2.45) is 0 Å². The van der Waals surface area contributed by atoms with Gasteiger partial charge in [0, 0.05) is 11.0 Å². The van der Waals surface area contributed by atoms with Crippen LogP contribution in [0.1, 0.15) is 34.8 Å². The number of hydrogen-bond acceptors (Lipinski definition) is 5. The number of furan rings is 1. The van der Waals surface area contributed by atoms with Gasteiger partial charge in [0.2, 0.25) is 0 Å². The molecule has 0 aliphatic rings. The summed E-state index contributed by atoms with van der Waals surface area (Å²) in [5.41, 5.74) is -0.162. The molecule has 1 unspecified atom stereocenters. The quantitative estimate of drug-likeness (QED) is 0.515. The minimum atomic E-state index is -0.555. The summed E-state index contributed by atoms with van der Waals surface area (Å²) in [5.74, 6) is 0.852. The van der Waals surface area contributed by atoms with E-state index >= 15 is 0 Å². The molecule has 116 valence electrons. The first kappa shape index (κ1) is 16.1. The van der Waals surface area contributed by atoms with E-state index < -0.39 is 10.8 Å². The van der Waals surface area contributed by atoms with E-state index in [0.29, 0.717) is 5.76 Å². The van der Waals surface area contributed by atoms with Gasteiger partial charge in [0.15, 0.2) is 0 Å². The fourth-order valence-electron chi connectivity index (χ4n) is 2.01. The SMILES string of the molecule is CSc1ccc([N+](=O)[O-])c(C(=O)NC(C)c2ccc(C)o2)c1. The fraction of sp³-hybridized carbons (Fsp3) is 0.267. The van der Waals surface area contributed by atoms with Gasteiger partial charge in [-0.05, 0) is 44.4 Å². The molecule has 1 heterocycles. The van der Waals surface area contributed by atoms with Crippen molar-refractivity contribution in [3.63, 3.8) is 0 Å². The second kappa shape index (κ2) is 6.65. The molecule has 0 fully saturated rings. The van der Waals surface area contributed by atoms with Crippen LogP contribution in [0, 0.1) is 17.0 Å². The maximum atomic E-state index is 12.4. The average molecular weight is 320 g/mol. The number of nitrogens with one attached hydrogen (secondary N) is 1. The van der Waals surface area contributed by atoms with Gasteiger partial charge in [-0.3, -0.25) is 14.9 Å². The maximum absolute atomic E-state index is 12.4. The number of nitro groups is 1. The lowest BCUT2D eigenvalue weighted by molar-refractivity contribution is -0.385. The number of rotatable bonds is 5. The smallest absolute Gasteiger partial charge is 0.282 e. The van der Waals surface area contributed by atoms with Crippen molar-refractivity contribution in [1.82, 2.24) is 5.32 Å². The molecule has 0 spiro atoms. The van der Waals surface area contributed by atoms with Crippen LogP contribution in [0.15, 0.2) is 39.6 Å². The number of nitrogens with zero attached hydrogens (tertiary/aromatic N) is 1. The van der Waals surface area contributed by atoms with Crippen LogP contribution in [-0.2, 0) is 0 Å². The fourth-order valence-corrected chi connectivity index (χ4v) is 2.45. The van der Waals surface area contributed by atoms with Gasteiger partial charge in [-0.25, -0.2) is 0 Å². The van der Waals surface area contributed by atoms with Crippen molar-refractivity contribution in [1.29, 1.82) is 0 Å². The summed E-state index contributed by atoms with van der Waals surface area (Å²) < 4.78 is 5.45. The third kappa shape index (κ3) is 3.48. The highest BCUT2D eigenvalue weighted by atomic mass is 32.2. The zero-order chi connectivity index (χ0) is 16.3. The van der Waals surface area contributed by atoms with Crippen molar-refractivity contribution >= 4 is 23.4 Å². The van der Waals surface area contributed by atoms with E-state index in [1.54, 1.807) is 25.1 Å². The Morgan fingerprint density at radius 3 is 2.64 bits per heavy atom. The van der Waals surface area contributed by atoms with Gasteiger partial charge in [0.05, 0.1) is 11.0 Å². The van der Waals surface area contributed by atoms with Crippen molar-refractivity contribution in [2.75, 3.05) is 6.26 Å². The first-order chi connectivity index (χ1) is 10.4. The third-order valence-corrected chi connectivity index (χ3v) is 3.91. The van der Waals surface area contributed by atoms with Crippen molar-refractivity contribution in [2.45, 2.75) is 24.8 Å². The van der Waals surface area contributed by atoms with Crippen LogP contribution in [0.3, 0.4) is 0 Å². The molecule has 0 aliphatic carbocycles. The molecular weight excluding hydrogens is 304 g/mol. The molecule has 2 aromatic rings. The summed E-state index contributed by atoms with van der Waals surface area (Å²) in [6.45, 7) is 3.57. The number of nitro benzene ring substituents is 1. The predicted molar refractivity (Wildman–Crippen MR) is 84.2 cm³/mol. The second-order valence-electron chi connectivity index (χ2n) is 4.78. The van der Waals surface area contributed by atoms with E-state index in [9.17, 15) is 14.9 Å². The highest BCUT2D eigenvalue weighted by Gasteiger charge is 2.23. The first-order valence-corrected chi connectivity index (χ1v) is 7.84. The van der Waals surface area contributed by atoms with Gasteiger partial charge in [-0.15, -0.1) is 11.8 Å². The molecule has 1 aromatic heterocycles. The Morgan fingerprint density at radius 2 is 2.09 bits per heavy atom. The number of benzene rings is 1. The average Bonchev–Trinajstić information content (AvgIpc) is 2.93. The molecule has 2 rings (SSSR count). The van der Waals surface area contributed by atoms with Gasteiger partial charge in [0.25, 0.3) is 11.6 Å². The van der Waals surface area contributed by atoms with E-state index in [4.69, 9.17) is 4.42 Å². The first-order valence-electron chi connectivity index (χ1n) is 6.62. The lowest BCUT2D eigenvalue weighted by Crippen LogP contribution is -2.27. The predicted octanol–water partition coefficient (Wildman–Crippen LogP) is 3.71. The normalized spacial score (nSPS) is 12.0. The Labute approximate surface area is 132 Å². The molecule has 0 bridgehead atoms. The van der Waals surface area contributed by atoms with Crippen LogP contribution in [0.5, 0.6) is 0 Å². The van der Waals surface area contributed by atoms with E-state index in [1.165, 1.54) is 23.9 Å². The van der Waals surface area contributed by atoms with Crippen molar-refractivity contribution < 1.29 is 14.1 Å². The number of thioether (sulfide) groups is 1. The molecule has 1 atom stereocenters. The van der Waals surface area contributed by atoms with Gasteiger partial charge in [-0.2, -0.15) is 0 Å². The summed E-state index contributed by atoms with van der Waals surface area (Å²) in [4.78, 5) is 23.7. The molecule has 1 aromatic carbocycles. The molecule has 22 heavy (non-hydrogen) atoms. The molecule has 0 saturated carbocycles. The highest BCUT2D eigenvalue weighted by molar-refractivity contribution is 7.98. The van der Waals surface area contributed by atoms with Crippen molar-refractivity contribution in [3.8, 4) is 0 Å². The Morgan fingerprint density at radius 1 is 1.36 bits per heavy atom. The van der Waals surface area contributed by atoms with E-state index in [2.05, 4.69) is 5.32 Å². The van der Waals surface area contributed by atoms with E-state index in [1.807, 2.05) is 13.2 Å². The lowest BCUT2D eigenvalue weighted by atomic mass is 10.1. The van der Waals surface area contributed by atoms with Crippen molar-refractivity contribution in [3.05, 3.63) is 57.5 Å². The molecule has 1 N–H and O–H groups in total. The zero-order valence-corrected chi connectivity index (χ0v) is 13.3. The minimum absolute atomic E-state index is 0.0481. The number of carbonyl (C=O) groups is 1. The van der Waals surface area contributed by atoms with Crippen LogP contribution in [-0.4, -0.2) is 17.1 Å². The molecule has 0 radical (unpaired) electrons. The maximum Gasteiger partial charge on any atom is 0.282 e. The summed E-state index contributed by atoms with van der Waals surface area (Å²) in [6, 6.07) is 7.69. The second-order valence-corrected chi connectivity index (χ2v) is 5.66. The summed E-state index contributed by atoms with van der Waals surface area (Å²) >= 11 is 1.42. The van der Waals surface area contributed by atoms with E-state index in [0.717, 1.165) is 10.7 Å². The van der Waals surface area contributed by atoms with Crippen LogP contribution < -0.4 is 5.32 Å². The number of carbonyl (C=O) groups excluding carboxylic acids is 1. The molecule has 7 heteroatoms. The Hall–Kier alpha value is -2.28. The Bertz CT molecular complexity index is 711. The van der Waals surface area contributed by atoms with Gasteiger partial charge in [0.1, 0.15) is 17.1 Å². The number of amides is 1. The molecule has 0 aliphatic heterocycles. The standard InChI is InChI=1S/C15H16N2O4S/c1-9-4-7-14(21-9)10(2)16-15(18)12-8-11(22-3)5-6-13(12)17(19)20/h4-8,10H,1-3H3,(H,16,18). The molecular formula is C15H16N2O4S. The number of aryl methyl sites for hydroxylation is 1. The largest absolute Gasteiger partial charge is 0.464 e. The number of hydrogen-bond donors (Lipinski definition) is 1. The molecule has 1 amide bonds. The van der Waals surface area contributed by atoms with Crippen LogP contribution in [0.2, 0.25) is 0 Å². The summed E-state index contributed by atoms with van der Waals surface area (Å²) in [7, 11) is 0. The van der Waals surface area contributed by atoms with Crippen LogP contribution in [0.4, 0.5) is 5.69 Å². The Balaban J connectivity index is 2.26. The van der Waals surface area contributed by atoms with Crippen LogP contribution in [0.25, 0.3) is 0 Å². The molecule has 6 nitrogen and oxygen atoms in total. The van der Waals surface area contributed by atoms with Crippen LogP contribution >= 0.6 is 11.8 Å². The topological polar surface area (TPSA) is 85.4 Å². The molecule has 0 saturated heterocycles. The highest BCUT2D eigenvalue weighted by Crippen LogP contribution is 2.25. The minimum Gasteiger partial charge on any atom is -0.464 e.